The minimum atomic E-state index is -0.823. The molecule has 0 saturated carbocycles. The van der Waals surface area contributed by atoms with Gasteiger partial charge in [-0.05, 0) is 45.1 Å². The maximum absolute atomic E-state index is 11.5. The lowest BCUT2D eigenvalue weighted by Crippen LogP contribution is -2.35. The number of halogens is 1. The summed E-state index contributed by atoms with van der Waals surface area (Å²) in [5.41, 5.74) is 5.18. The number of amides is 1. The molecule has 0 fully saturated rings. The standard InChI is InChI=1S/C19H23BrN2O2S/c1-19(2,3)12-9-14-17-15(16(12)20)11-10-21(18(23)24)7-5-13(11)22(17)6-4-8-25-14/h9H,4-8,10H2,1-3H3,(H,23,24). The number of aryl methyl sites for hydroxylation is 1. The summed E-state index contributed by atoms with van der Waals surface area (Å²) in [5, 5.41) is 10.7. The molecule has 6 heteroatoms. The van der Waals surface area contributed by atoms with Gasteiger partial charge in [-0.1, -0.05) is 20.8 Å². The van der Waals surface area contributed by atoms with Gasteiger partial charge in [0.05, 0.1) is 12.1 Å². The van der Waals surface area contributed by atoms with Crippen molar-refractivity contribution in [3.05, 3.63) is 27.4 Å². The van der Waals surface area contributed by atoms with E-state index in [0.717, 1.165) is 29.6 Å². The van der Waals surface area contributed by atoms with Gasteiger partial charge in [-0.15, -0.1) is 11.8 Å². The molecule has 2 aliphatic rings. The number of rotatable bonds is 0. The van der Waals surface area contributed by atoms with E-state index in [4.69, 9.17) is 0 Å². The van der Waals surface area contributed by atoms with Crippen LogP contribution >= 0.6 is 27.7 Å². The van der Waals surface area contributed by atoms with Crippen molar-refractivity contribution >= 4 is 44.7 Å². The van der Waals surface area contributed by atoms with E-state index in [1.807, 2.05) is 11.8 Å². The summed E-state index contributed by atoms with van der Waals surface area (Å²) >= 11 is 5.83. The Kier molecular flexibility index (Phi) is 4.11. The molecule has 0 bridgehead atoms. The molecule has 1 aromatic heterocycles. The average Bonchev–Trinajstić information content (AvgIpc) is 2.71. The van der Waals surface area contributed by atoms with E-state index >= 15 is 0 Å². The van der Waals surface area contributed by atoms with Gasteiger partial charge in [0.25, 0.3) is 0 Å². The summed E-state index contributed by atoms with van der Waals surface area (Å²) in [4.78, 5) is 14.4. The molecule has 0 atom stereocenters. The molecule has 25 heavy (non-hydrogen) atoms. The van der Waals surface area contributed by atoms with Gasteiger partial charge in [-0.3, -0.25) is 0 Å². The molecule has 2 aliphatic heterocycles. The monoisotopic (exact) mass is 422 g/mol. The average molecular weight is 423 g/mol. The van der Waals surface area contributed by atoms with Crippen LogP contribution in [-0.2, 0) is 24.9 Å². The van der Waals surface area contributed by atoms with Crippen LogP contribution in [0.4, 0.5) is 4.79 Å². The molecule has 0 spiro atoms. The Morgan fingerprint density at radius 2 is 2.08 bits per heavy atom. The van der Waals surface area contributed by atoms with Crippen LogP contribution in [0, 0.1) is 0 Å². The first-order valence-corrected chi connectivity index (χ1v) is 10.5. The number of aromatic nitrogens is 1. The van der Waals surface area contributed by atoms with Gasteiger partial charge in [0.15, 0.2) is 0 Å². The van der Waals surface area contributed by atoms with Crippen LogP contribution in [0.25, 0.3) is 10.9 Å². The molecule has 0 unspecified atom stereocenters. The van der Waals surface area contributed by atoms with Gasteiger partial charge in [-0.25, -0.2) is 4.79 Å². The Balaban J connectivity index is 2.06. The number of hydrogen-bond donors (Lipinski definition) is 1. The summed E-state index contributed by atoms with van der Waals surface area (Å²) < 4.78 is 3.61. The number of carbonyl (C=O) groups is 1. The molecule has 4 rings (SSSR count). The van der Waals surface area contributed by atoms with Gasteiger partial charge in [0, 0.05) is 45.5 Å². The maximum atomic E-state index is 11.5. The number of fused-ring (bicyclic) bond motifs is 3. The largest absolute Gasteiger partial charge is 0.465 e. The van der Waals surface area contributed by atoms with E-state index in [1.165, 1.54) is 32.6 Å². The van der Waals surface area contributed by atoms with Crippen LogP contribution in [-0.4, -0.2) is 33.0 Å². The molecular formula is C19H23BrN2O2S. The first kappa shape index (κ1) is 17.3. The summed E-state index contributed by atoms with van der Waals surface area (Å²) in [6.45, 7) is 8.82. The Morgan fingerprint density at radius 1 is 1.32 bits per heavy atom. The van der Waals surface area contributed by atoms with Crippen molar-refractivity contribution in [1.82, 2.24) is 9.47 Å². The van der Waals surface area contributed by atoms with Crippen LogP contribution in [0.2, 0.25) is 0 Å². The molecular weight excluding hydrogens is 400 g/mol. The predicted molar refractivity (Wildman–Crippen MR) is 106 cm³/mol. The minimum absolute atomic E-state index is 0.0342. The number of carboxylic acid groups (broad SMARTS) is 1. The quantitative estimate of drug-likeness (QED) is 0.631. The van der Waals surface area contributed by atoms with Crippen molar-refractivity contribution in [2.75, 3.05) is 12.3 Å². The highest BCUT2D eigenvalue weighted by Gasteiger charge is 2.32. The van der Waals surface area contributed by atoms with E-state index in [-0.39, 0.29) is 5.41 Å². The summed E-state index contributed by atoms with van der Waals surface area (Å²) in [7, 11) is 0. The highest BCUT2D eigenvalue weighted by molar-refractivity contribution is 9.10. The van der Waals surface area contributed by atoms with Crippen molar-refractivity contribution in [2.24, 2.45) is 0 Å². The molecule has 1 N–H and O–H groups in total. The SMILES string of the molecule is CC(C)(C)c1cc2c3c(c1Br)c1c(n3CCCS2)CCN(C(=O)O)C1. The summed E-state index contributed by atoms with van der Waals surface area (Å²) in [5.74, 6) is 1.14. The highest BCUT2D eigenvalue weighted by atomic mass is 79.9. The minimum Gasteiger partial charge on any atom is -0.465 e. The molecule has 4 nitrogen and oxygen atoms in total. The third-order valence-corrected chi connectivity index (χ3v) is 7.22. The van der Waals surface area contributed by atoms with Crippen molar-refractivity contribution < 1.29 is 9.90 Å². The van der Waals surface area contributed by atoms with Gasteiger partial charge in [0.1, 0.15) is 0 Å². The molecule has 0 saturated heterocycles. The zero-order valence-electron chi connectivity index (χ0n) is 14.9. The lowest BCUT2D eigenvalue weighted by atomic mass is 9.86. The number of nitrogens with zero attached hydrogens (tertiary/aromatic N) is 2. The summed E-state index contributed by atoms with van der Waals surface area (Å²) in [6.07, 6.45) is 1.13. The zero-order valence-corrected chi connectivity index (χ0v) is 17.3. The van der Waals surface area contributed by atoms with E-state index in [0.29, 0.717) is 13.1 Å². The fourth-order valence-electron chi connectivity index (χ4n) is 4.05. The zero-order chi connectivity index (χ0) is 17.9. The Morgan fingerprint density at radius 3 is 2.76 bits per heavy atom. The van der Waals surface area contributed by atoms with Crippen LogP contribution in [0.5, 0.6) is 0 Å². The first-order chi connectivity index (χ1) is 11.8. The van der Waals surface area contributed by atoms with E-state index in [9.17, 15) is 9.90 Å². The lowest BCUT2D eigenvalue weighted by molar-refractivity contribution is 0.139. The predicted octanol–water partition coefficient (Wildman–Crippen LogP) is 5.23. The maximum Gasteiger partial charge on any atom is 0.407 e. The molecule has 0 aliphatic carbocycles. The number of thioether (sulfide) groups is 1. The topological polar surface area (TPSA) is 45.5 Å². The molecule has 1 amide bonds. The molecule has 0 radical (unpaired) electrons. The third-order valence-electron chi connectivity index (χ3n) is 5.28. The van der Waals surface area contributed by atoms with E-state index in [2.05, 4.69) is 47.3 Å². The van der Waals surface area contributed by atoms with Crippen LogP contribution in [0.3, 0.4) is 0 Å². The van der Waals surface area contributed by atoms with E-state index < -0.39 is 6.09 Å². The highest BCUT2D eigenvalue weighted by Crippen LogP contribution is 2.46. The first-order valence-electron chi connectivity index (χ1n) is 8.76. The normalized spacial score (nSPS) is 17.5. The molecule has 134 valence electrons. The molecule has 2 aromatic rings. The van der Waals surface area contributed by atoms with Gasteiger partial charge in [-0.2, -0.15) is 0 Å². The lowest BCUT2D eigenvalue weighted by Gasteiger charge is -2.26. The Bertz CT molecular complexity index is 882. The van der Waals surface area contributed by atoms with Crippen molar-refractivity contribution in [2.45, 2.75) is 57.0 Å². The van der Waals surface area contributed by atoms with Crippen molar-refractivity contribution in [1.29, 1.82) is 0 Å². The second kappa shape index (κ2) is 5.95. The van der Waals surface area contributed by atoms with Crippen molar-refractivity contribution in [3.63, 3.8) is 0 Å². The summed E-state index contributed by atoms with van der Waals surface area (Å²) in [6, 6.07) is 2.35. The fraction of sp³-hybridized carbons (Fsp3) is 0.526. The van der Waals surface area contributed by atoms with Gasteiger partial charge in [0.2, 0.25) is 0 Å². The third kappa shape index (κ3) is 2.69. The van der Waals surface area contributed by atoms with Crippen LogP contribution in [0.1, 0.15) is 44.0 Å². The van der Waals surface area contributed by atoms with Gasteiger partial charge >= 0.3 is 6.09 Å². The van der Waals surface area contributed by atoms with Crippen LogP contribution in [0.15, 0.2) is 15.4 Å². The second-order valence-electron chi connectivity index (χ2n) is 7.94. The number of benzene rings is 1. The second-order valence-corrected chi connectivity index (χ2v) is 9.87. The molecule has 1 aromatic carbocycles. The van der Waals surface area contributed by atoms with E-state index in [1.54, 1.807) is 4.90 Å². The number of hydrogen-bond acceptors (Lipinski definition) is 2. The Hall–Kier alpha value is -1.14. The van der Waals surface area contributed by atoms with Crippen molar-refractivity contribution in [3.8, 4) is 0 Å². The van der Waals surface area contributed by atoms with Crippen LogP contribution < -0.4 is 0 Å². The fourth-order valence-corrected chi connectivity index (χ4v) is 6.23. The smallest absolute Gasteiger partial charge is 0.407 e. The Labute approximate surface area is 160 Å². The molecule has 3 heterocycles. The van der Waals surface area contributed by atoms with Gasteiger partial charge < -0.3 is 14.6 Å².